The molecule has 1 N–H and O–H groups in total. The van der Waals surface area contributed by atoms with Crippen LogP contribution in [-0.2, 0) is 13.6 Å². The minimum atomic E-state index is 0.643. The third-order valence-corrected chi connectivity index (χ3v) is 4.29. The zero-order valence-corrected chi connectivity index (χ0v) is 12.1. The van der Waals surface area contributed by atoms with E-state index in [1.165, 1.54) is 24.1 Å². The van der Waals surface area contributed by atoms with Crippen LogP contribution < -0.4 is 5.32 Å². The van der Waals surface area contributed by atoms with E-state index in [0.29, 0.717) is 12.1 Å². The summed E-state index contributed by atoms with van der Waals surface area (Å²) in [7, 11) is 2.02. The summed E-state index contributed by atoms with van der Waals surface area (Å²) in [4.78, 5) is 2.62. The Balaban J connectivity index is 2.06. The summed E-state index contributed by atoms with van der Waals surface area (Å²) in [6.45, 7) is 10.0. The van der Waals surface area contributed by atoms with Crippen LogP contribution in [0.3, 0.4) is 0 Å². The molecule has 0 bridgehead atoms. The summed E-state index contributed by atoms with van der Waals surface area (Å²) in [5.74, 6) is 0. The molecule has 0 aliphatic carbocycles. The minimum absolute atomic E-state index is 0.643. The van der Waals surface area contributed by atoms with Crippen molar-refractivity contribution in [2.45, 2.75) is 52.2 Å². The molecular formula is C14H26N4. The van der Waals surface area contributed by atoms with Crippen LogP contribution >= 0.6 is 0 Å². The second kappa shape index (κ2) is 5.85. The summed E-state index contributed by atoms with van der Waals surface area (Å²) >= 11 is 0. The Morgan fingerprint density at radius 1 is 1.39 bits per heavy atom. The number of aromatic nitrogens is 2. The number of hydrogen-bond donors (Lipinski definition) is 1. The number of aryl methyl sites for hydroxylation is 1. The van der Waals surface area contributed by atoms with Crippen LogP contribution in [0.4, 0.5) is 0 Å². The first kappa shape index (κ1) is 13.6. The topological polar surface area (TPSA) is 33.1 Å². The molecule has 0 radical (unpaired) electrons. The Labute approximate surface area is 110 Å². The van der Waals surface area contributed by atoms with Crippen LogP contribution in [0.25, 0.3) is 0 Å². The van der Waals surface area contributed by atoms with Crippen LogP contribution in [0, 0.1) is 6.92 Å². The molecule has 102 valence electrons. The minimum Gasteiger partial charge on any atom is -0.311 e. The lowest BCUT2D eigenvalue weighted by atomic mass is 10.0. The zero-order valence-electron chi connectivity index (χ0n) is 12.1. The van der Waals surface area contributed by atoms with E-state index in [9.17, 15) is 0 Å². The molecule has 0 spiro atoms. The van der Waals surface area contributed by atoms with Crippen molar-refractivity contribution in [1.29, 1.82) is 0 Å². The molecule has 1 fully saturated rings. The average molecular weight is 250 g/mol. The van der Waals surface area contributed by atoms with Gasteiger partial charge in [-0.2, -0.15) is 5.10 Å². The van der Waals surface area contributed by atoms with Gasteiger partial charge >= 0.3 is 0 Å². The van der Waals surface area contributed by atoms with Gasteiger partial charge in [-0.3, -0.25) is 9.58 Å². The zero-order chi connectivity index (χ0) is 13.1. The van der Waals surface area contributed by atoms with Crippen molar-refractivity contribution in [3.8, 4) is 0 Å². The van der Waals surface area contributed by atoms with E-state index in [1.54, 1.807) is 0 Å². The molecule has 2 atom stereocenters. The smallest absolute Gasteiger partial charge is 0.0537 e. The van der Waals surface area contributed by atoms with Crippen molar-refractivity contribution < 1.29 is 0 Å². The van der Waals surface area contributed by atoms with Crippen LogP contribution in [0.5, 0.6) is 0 Å². The number of rotatable bonds is 4. The summed E-state index contributed by atoms with van der Waals surface area (Å²) in [5, 5.41) is 7.99. The molecule has 1 aromatic rings. The normalized spacial score (nSPS) is 25.6. The van der Waals surface area contributed by atoms with Crippen LogP contribution in [0.2, 0.25) is 0 Å². The molecule has 4 nitrogen and oxygen atoms in total. The number of nitrogens with one attached hydrogen (secondary N) is 1. The van der Waals surface area contributed by atoms with Crippen LogP contribution in [-0.4, -0.2) is 39.9 Å². The molecule has 2 unspecified atom stereocenters. The third kappa shape index (κ3) is 2.75. The highest BCUT2D eigenvalue weighted by Crippen LogP contribution is 2.17. The fourth-order valence-electron chi connectivity index (χ4n) is 2.72. The molecule has 2 rings (SSSR count). The molecule has 0 amide bonds. The first-order chi connectivity index (χ1) is 8.65. The molecule has 1 saturated heterocycles. The lowest BCUT2D eigenvalue weighted by Crippen LogP contribution is -2.55. The molecule has 2 heterocycles. The maximum Gasteiger partial charge on any atom is 0.0537 e. The first-order valence-electron chi connectivity index (χ1n) is 7.10. The van der Waals surface area contributed by atoms with Gasteiger partial charge < -0.3 is 5.32 Å². The maximum absolute atomic E-state index is 4.35. The Morgan fingerprint density at radius 3 is 2.72 bits per heavy atom. The van der Waals surface area contributed by atoms with Crippen molar-refractivity contribution in [2.24, 2.45) is 7.05 Å². The van der Waals surface area contributed by atoms with Gasteiger partial charge in [0, 0.05) is 50.0 Å². The van der Waals surface area contributed by atoms with Crippen LogP contribution in [0.1, 0.15) is 37.9 Å². The van der Waals surface area contributed by atoms with Crippen molar-refractivity contribution in [1.82, 2.24) is 20.0 Å². The van der Waals surface area contributed by atoms with E-state index >= 15 is 0 Å². The Hall–Kier alpha value is -0.870. The fourth-order valence-corrected chi connectivity index (χ4v) is 2.72. The van der Waals surface area contributed by atoms with E-state index in [2.05, 4.69) is 36.1 Å². The van der Waals surface area contributed by atoms with Gasteiger partial charge in [0.05, 0.1) is 6.20 Å². The van der Waals surface area contributed by atoms with E-state index in [1.807, 2.05) is 17.9 Å². The standard InChI is InChI=1S/C14H26N4/c1-5-13-10-18(14(6-2)8-15-13)9-12-7-16-17(4)11(12)3/h7,13-15H,5-6,8-10H2,1-4H3. The lowest BCUT2D eigenvalue weighted by Gasteiger charge is -2.40. The summed E-state index contributed by atoms with van der Waals surface area (Å²) in [6, 6.07) is 1.30. The van der Waals surface area contributed by atoms with Gasteiger partial charge in [0.25, 0.3) is 0 Å². The highest BCUT2D eigenvalue weighted by Gasteiger charge is 2.26. The molecule has 0 aromatic carbocycles. The lowest BCUT2D eigenvalue weighted by molar-refractivity contribution is 0.117. The molecule has 1 aromatic heterocycles. The number of nitrogens with zero attached hydrogens (tertiary/aromatic N) is 3. The molecule has 18 heavy (non-hydrogen) atoms. The monoisotopic (exact) mass is 250 g/mol. The van der Waals surface area contributed by atoms with Crippen LogP contribution in [0.15, 0.2) is 6.20 Å². The summed E-state index contributed by atoms with van der Waals surface area (Å²) < 4.78 is 1.97. The Morgan fingerprint density at radius 2 is 2.17 bits per heavy atom. The van der Waals surface area contributed by atoms with E-state index in [4.69, 9.17) is 0 Å². The molecule has 1 aliphatic rings. The van der Waals surface area contributed by atoms with E-state index < -0.39 is 0 Å². The van der Waals surface area contributed by atoms with Crippen molar-refractivity contribution in [2.75, 3.05) is 13.1 Å². The summed E-state index contributed by atoms with van der Waals surface area (Å²) in [5.41, 5.74) is 2.66. The first-order valence-corrected chi connectivity index (χ1v) is 7.10. The van der Waals surface area contributed by atoms with E-state index in [0.717, 1.165) is 19.6 Å². The number of piperazine rings is 1. The van der Waals surface area contributed by atoms with Gasteiger partial charge in [0.1, 0.15) is 0 Å². The third-order valence-electron chi connectivity index (χ3n) is 4.29. The second-order valence-electron chi connectivity index (χ2n) is 5.38. The quantitative estimate of drug-likeness (QED) is 0.883. The van der Waals surface area contributed by atoms with Gasteiger partial charge in [-0.05, 0) is 19.8 Å². The molecular weight excluding hydrogens is 224 g/mol. The average Bonchev–Trinajstić information content (AvgIpc) is 2.70. The van der Waals surface area contributed by atoms with Crippen molar-refractivity contribution >= 4 is 0 Å². The molecule has 0 saturated carbocycles. The van der Waals surface area contributed by atoms with Crippen molar-refractivity contribution in [3.63, 3.8) is 0 Å². The van der Waals surface area contributed by atoms with E-state index in [-0.39, 0.29) is 0 Å². The van der Waals surface area contributed by atoms with Gasteiger partial charge in [-0.15, -0.1) is 0 Å². The molecule has 4 heteroatoms. The SMILES string of the molecule is CCC1CN(Cc2cnn(C)c2C)C(CC)CN1. The fraction of sp³-hybridized carbons (Fsp3) is 0.786. The van der Waals surface area contributed by atoms with Gasteiger partial charge in [-0.25, -0.2) is 0 Å². The predicted octanol–water partition coefficient (Wildman–Crippen LogP) is 1.69. The summed E-state index contributed by atoms with van der Waals surface area (Å²) in [6.07, 6.45) is 4.44. The Kier molecular flexibility index (Phi) is 4.40. The van der Waals surface area contributed by atoms with Crippen molar-refractivity contribution in [3.05, 3.63) is 17.5 Å². The maximum atomic E-state index is 4.35. The predicted molar refractivity (Wildman–Crippen MR) is 74.5 cm³/mol. The highest BCUT2D eigenvalue weighted by molar-refractivity contribution is 5.16. The number of hydrogen-bond acceptors (Lipinski definition) is 3. The van der Waals surface area contributed by atoms with Gasteiger partial charge in [0.15, 0.2) is 0 Å². The largest absolute Gasteiger partial charge is 0.311 e. The second-order valence-corrected chi connectivity index (χ2v) is 5.38. The van der Waals surface area contributed by atoms with Gasteiger partial charge in [0.2, 0.25) is 0 Å². The van der Waals surface area contributed by atoms with Gasteiger partial charge in [-0.1, -0.05) is 13.8 Å². The Bertz CT molecular complexity index is 385. The highest BCUT2D eigenvalue weighted by atomic mass is 15.3. The molecule has 1 aliphatic heterocycles.